The van der Waals surface area contributed by atoms with E-state index < -0.39 is 0 Å². The Balaban J connectivity index is 1.00. The van der Waals surface area contributed by atoms with E-state index in [1.807, 2.05) is 0 Å². The van der Waals surface area contributed by atoms with Crippen LogP contribution in [-0.4, -0.2) is 24.2 Å². The smallest absolute Gasteiger partial charge is 0.0529 e. The molecule has 1 fully saturated rings. The molecular weight excluding hydrogens is 653 g/mol. The van der Waals surface area contributed by atoms with Crippen molar-refractivity contribution in [1.29, 1.82) is 0 Å². The molecule has 2 aromatic rings. The normalized spacial score (nSPS) is 36.9. The predicted molar refractivity (Wildman–Crippen MR) is 229 cm³/mol. The summed E-state index contributed by atoms with van der Waals surface area (Å²) in [5, 5.41) is 0. The standard InChI is InChI=1S/C52H64N2/c1-34-27-35(2)51(36(3)28-34)54-48-20-12-10-18-44(48)46-32-39(22-24-50(46)54)38-21-23-49-45(31-38)43-17-9-11-19-47(43)53(49)42-30-40(37-15-7-5-8-16-37)29-41(33-42)52(4)25-13-6-14-26-52/h6,10,13-15,18,21-25,27,29,31-32,34,36,40,42-44,47-48,51H,5,7-9,11-12,16-17,19-20,26,28,30,33H2,1-4H3/t34?,36?,40?,42?,43?,44?,47?,48?,51?,52-/m1/s1. The summed E-state index contributed by atoms with van der Waals surface area (Å²) in [4.78, 5) is 5.89. The van der Waals surface area contributed by atoms with Gasteiger partial charge in [0.2, 0.25) is 0 Å². The Bertz CT molecular complexity index is 1970. The summed E-state index contributed by atoms with van der Waals surface area (Å²) in [6, 6.07) is 17.6. The van der Waals surface area contributed by atoms with Crippen molar-refractivity contribution in [3.05, 3.63) is 119 Å². The molecule has 2 aromatic carbocycles. The average molecular weight is 717 g/mol. The molecule has 2 nitrogen and oxygen atoms in total. The van der Waals surface area contributed by atoms with Crippen LogP contribution in [0.1, 0.15) is 141 Å². The van der Waals surface area contributed by atoms with Gasteiger partial charge in [-0.15, -0.1) is 0 Å². The van der Waals surface area contributed by atoms with Crippen LogP contribution in [-0.2, 0) is 0 Å². The fourth-order valence-corrected chi connectivity index (χ4v) is 13.3. The van der Waals surface area contributed by atoms with E-state index in [9.17, 15) is 0 Å². The molecule has 0 N–H and O–H groups in total. The highest BCUT2D eigenvalue weighted by Crippen LogP contribution is 2.55. The van der Waals surface area contributed by atoms with Crippen LogP contribution in [0.2, 0.25) is 0 Å². The lowest BCUT2D eigenvalue weighted by Crippen LogP contribution is -2.48. The minimum atomic E-state index is 0.136. The van der Waals surface area contributed by atoms with Crippen LogP contribution >= 0.6 is 0 Å². The quantitative estimate of drug-likeness (QED) is 0.284. The number of benzene rings is 2. The summed E-state index contributed by atoms with van der Waals surface area (Å²) in [5.41, 5.74) is 14.3. The highest BCUT2D eigenvalue weighted by atomic mass is 15.2. The van der Waals surface area contributed by atoms with E-state index in [2.05, 4.69) is 129 Å². The molecular formula is C52H64N2. The van der Waals surface area contributed by atoms with Crippen LogP contribution in [0.15, 0.2) is 108 Å². The van der Waals surface area contributed by atoms with Crippen molar-refractivity contribution in [2.75, 3.05) is 9.80 Å². The second-order valence-electron chi connectivity index (χ2n) is 19.3. The summed E-state index contributed by atoms with van der Waals surface area (Å²) in [6.07, 6.45) is 40.5. The third kappa shape index (κ3) is 5.87. The van der Waals surface area contributed by atoms with E-state index in [4.69, 9.17) is 0 Å². The van der Waals surface area contributed by atoms with Gasteiger partial charge in [0.25, 0.3) is 0 Å². The summed E-state index contributed by atoms with van der Waals surface area (Å²) in [5.74, 6) is 3.10. The number of allylic oxidation sites excluding steroid dienone is 9. The van der Waals surface area contributed by atoms with Gasteiger partial charge in [0.05, 0.1) is 6.04 Å². The van der Waals surface area contributed by atoms with Gasteiger partial charge in [-0.25, -0.2) is 0 Å². The molecule has 0 saturated heterocycles. The van der Waals surface area contributed by atoms with Gasteiger partial charge >= 0.3 is 0 Å². The summed E-state index contributed by atoms with van der Waals surface area (Å²) in [7, 11) is 0. The summed E-state index contributed by atoms with van der Waals surface area (Å²) in [6.45, 7) is 9.83. The molecule has 282 valence electrons. The van der Waals surface area contributed by atoms with Gasteiger partial charge in [0.1, 0.15) is 0 Å². The van der Waals surface area contributed by atoms with Crippen molar-refractivity contribution in [3.8, 4) is 11.1 Å². The molecule has 2 aliphatic heterocycles. The molecule has 8 aliphatic rings. The monoisotopic (exact) mass is 717 g/mol. The summed E-state index contributed by atoms with van der Waals surface area (Å²) < 4.78 is 0. The van der Waals surface area contributed by atoms with E-state index in [0.29, 0.717) is 53.8 Å². The Morgan fingerprint density at radius 1 is 0.759 bits per heavy atom. The lowest BCUT2D eigenvalue weighted by molar-refractivity contribution is 0.333. The van der Waals surface area contributed by atoms with Gasteiger partial charge in [0.15, 0.2) is 0 Å². The van der Waals surface area contributed by atoms with Crippen molar-refractivity contribution >= 4 is 11.4 Å². The van der Waals surface area contributed by atoms with Gasteiger partial charge in [-0.1, -0.05) is 117 Å². The first-order valence-corrected chi connectivity index (χ1v) is 22.3. The van der Waals surface area contributed by atoms with Crippen LogP contribution in [0.3, 0.4) is 0 Å². The maximum atomic E-state index is 3.01. The van der Waals surface area contributed by atoms with Gasteiger partial charge < -0.3 is 9.80 Å². The lowest BCUT2D eigenvalue weighted by atomic mass is 9.68. The minimum Gasteiger partial charge on any atom is -0.364 e. The number of rotatable bonds is 5. The SMILES string of the molecule is CC1=CC(C)CC(C)C1N1c2ccc(-c3ccc4c(c3)C3CCCCC3N4C3CC([C@]4(C)C=CC=CC4)=CC(C4=CCCCC4)C3)cc2C2C=CCCC21. The largest absolute Gasteiger partial charge is 0.364 e. The molecule has 0 bridgehead atoms. The topological polar surface area (TPSA) is 6.48 Å². The molecule has 0 radical (unpaired) electrons. The van der Waals surface area contributed by atoms with E-state index >= 15 is 0 Å². The van der Waals surface area contributed by atoms with E-state index in [-0.39, 0.29) is 5.41 Å². The molecule has 10 atom stereocenters. The molecule has 2 heterocycles. The lowest BCUT2D eigenvalue weighted by Gasteiger charge is -2.45. The van der Waals surface area contributed by atoms with Gasteiger partial charge in [-0.2, -0.15) is 0 Å². The molecule has 0 spiro atoms. The maximum absolute atomic E-state index is 3.01. The van der Waals surface area contributed by atoms with Crippen LogP contribution in [0.25, 0.3) is 11.1 Å². The highest BCUT2D eigenvalue weighted by molar-refractivity contribution is 5.77. The average Bonchev–Trinajstić information content (AvgIpc) is 3.70. The first kappa shape index (κ1) is 34.9. The second-order valence-corrected chi connectivity index (χ2v) is 19.3. The Kier molecular flexibility index (Phi) is 8.99. The number of nitrogens with zero attached hydrogens (tertiary/aromatic N) is 2. The zero-order valence-electron chi connectivity index (χ0n) is 33.7. The first-order chi connectivity index (χ1) is 26.4. The minimum absolute atomic E-state index is 0.136. The Hall–Kier alpha value is -3.52. The number of anilines is 2. The highest BCUT2D eigenvalue weighted by Gasteiger charge is 2.47. The molecule has 0 aromatic heterocycles. The molecule has 0 amide bonds. The fraction of sp³-hybridized carbons (Fsp3) is 0.538. The Labute approximate surface area is 326 Å². The van der Waals surface area contributed by atoms with Crippen molar-refractivity contribution in [2.45, 2.75) is 154 Å². The van der Waals surface area contributed by atoms with Crippen LogP contribution in [0.5, 0.6) is 0 Å². The van der Waals surface area contributed by atoms with E-state index in [0.717, 1.165) is 6.42 Å². The molecule has 1 saturated carbocycles. The maximum Gasteiger partial charge on any atom is 0.0529 e. The van der Waals surface area contributed by atoms with Crippen molar-refractivity contribution < 1.29 is 0 Å². The molecule has 10 rings (SSSR count). The summed E-state index contributed by atoms with van der Waals surface area (Å²) >= 11 is 0. The number of fused-ring (bicyclic) bond motifs is 6. The van der Waals surface area contributed by atoms with Crippen molar-refractivity contribution in [2.24, 2.45) is 23.2 Å². The third-order valence-electron chi connectivity index (χ3n) is 15.7. The van der Waals surface area contributed by atoms with E-state index in [1.54, 1.807) is 33.5 Å². The zero-order valence-corrected chi connectivity index (χ0v) is 33.7. The number of hydrogen-bond donors (Lipinski definition) is 0. The molecule has 6 aliphatic carbocycles. The van der Waals surface area contributed by atoms with Gasteiger partial charge in [-0.3, -0.25) is 0 Å². The Morgan fingerprint density at radius 3 is 2.35 bits per heavy atom. The van der Waals surface area contributed by atoms with Crippen molar-refractivity contribution in [3.63, 3.8) is 0 Å². The van der Waals surface area contributed by atoms with Gasteiger partial charge in [0, 0.05) is 46.8 Å². The fourth-order valence-electron chi connectivity index (χ4n) is 13.3. The van der Waals surface area contributed by atoms with E-state index in [1.165, 1.54) is 100 Å². The first-order valence-electron chi connectivity index (χ1n) is 22.3. The molecule has 54 heavy (non-hydrogen) atoms. The third-order valence-corrected chi connectivity index (χ3v) is 15.7. The Morgan fingerprint density at radius 2 is 1.57 bits per heavy atom. The van der Waals surface area contributed by atoms with Gasteiger partial charge in [-0.05, 0) is 148 Å². The van der Waals surface area contributed by atoms with Crippen LogP contribution < -0.4 is 9.80 Å². The van der Waals surface area contributed by atoms with Crippen molar-refractivity contribution in [1.82, 2.24) is 0 Å². The molecule has 9 unspecified atom stereocenters. The molecule has 2 heteroatoms. The van der Waals surface area contributed by atoms with Crippen LogP contribution in [0, 0.1) is 23.2 Å². The number of hydrogen-bond acceptors (Lipinski definition) is 2. The van der Waals surface area contributed by atoms with Crippen LogP contribution in [0.4, 0.5) is 11.4 Å². The second kappa shape index (κ2) is 13.9. The zero-order chi connectivity index (χ0) is 36.6. The predicted octanol–water partition coefficient (Wildman–Crippen LogP) is 13.5.